The van der Waals surface area contributed by atoms with Gasteiger partial charge in [0.25, 0.3) is 0 Å². The molecule has 0 aromatic heterocycles. The zero-order valence-electron chi connectivity index (χ0n) is 7.30. The van der Waals surface area contributed by atoms with Crippen LogP contribution in [0.15, 0.2) is 24.8 Å². The summed E-state index contributed by atoms with van der Waals surface area (Å²) in [6.45, 7) is 3.68. The lowest BCUT2D eigenvalue weighted by Crippen LogP contribution is -2.38. The van der Waals surface area contributed by atoms with Gasteiger partial charge < -0.3 is 19.7 Å². The van der Waals surface area contributed by atoms with Crippen LogP contribution in [-0.2, 0) is 9.47 Å². The average Bonchev–Trinajstić information content (AvgIpc) is 2.17. The molecule has 2 N–H and O–H groups in total. The molecule has 0 unspecified atom stereocenters. The predicted octanol–water partition coefficient (Wildman–Crippen LogP) is -0.177. The summed E-state index contributed by atoms with van der Waals surface area (Å²) in [7, 11) is 0. The van der Waals surface area contributed by atoms with Crippen molar-refractivity contribution in [1.29, 1.82) is 0 Å². The normalized spacial score (nSPS) is 33.2. The maximum absolute atomic E-state index is 9.36. The van der Waals surface area contributed by atoms with Crippen LogP contribution in [0.1, 0.15) is 0 Å². The number of rotatable bonds is 4. The molecule has 0 aromatic carbocycles. The summed E-state index contributed by atoms with van der Waals surface area (Å²) >= 11 is 0. The predicted molar refractivity (Wildman–Crippen MR) is 47.0 cm³/mol. The molecule has 1 rings (SSSR count). The number of ether oxygens (including phenoxy) is 2. The van der Waals surface area contributed by atoms with Crippen LogP contribution in [0.3, 0.4) is 0 Å². The summed E-state index contributed by atoms with van der Waals surface area (Å²) in [6, 6.07) is 0. The Morgan fingerprint density at radius 3 is 2.92 bits per heavy atom. The van der Waals surface area contributed by atoms with Crippen molar-refractivity contribution in [2.24, 2.45) is 0 Å². The highest BCUT2D eigenvalue weighted by Crippen LogP contribution is 2.13. The van der Waals surface area contributed by atoms with E-state index in [1.807, 2.05) is 0 Å². The van der Waals surface area contributed by atoms with Crippen molar-refractivity contribution in [2.45, 2.75) is 18.5 Å². The molecule has 0 amide bonds. The number of hydrogen-bond acceptors (Lipinski definition) is 4. The van der Waals surface area contributed by atoms with Crippen LogP contribution in [-0.4, -0.2) is 41.9 Å². The summed E-state index contributed by atoms with van der Waals surface area (Å²) in [5.74, 6) is 0. The first-order chi connectivity index (χ1) is 6.27. The summed E-state index contributed by atoms with van der Waals surface area (Å²) in [4.78, 5) is 0. The molecular weight excluding hydrogens is 172 g/mol. The van der Waals surface area contributed by atoms with Gasteiger partial charge in [-0.25, -0.2) is 0 Å². The molecule has 0 saturated heterocycles. The summed E-state index contributed by atoms with van der Waals surface area (Å²) < 4.78 is 10.3. The van der Waals surface area contributed by atoms with Gasteiger partial charge in [-0.15, -0.1) is 6.58 Å². The van der Waals surface area contributed by atoms with Gasteiger partial charge in [0, 0.05) is 0 Å². The Labute approximate surface area is 77.1 Å². The van der Waals surface area contributed by atoms with Gasteiger partial charge in [0.05, 0.1) is 13.2 Å². The Balaban J connectivity index is 2.44. The molecule has 0 saturated carbocycles. The molecule has 0 bridgehead atoms. The third kappa shape index (κ3) is 2.93. The van der Waals surface area contributed by atoms with Crippen molar-refractivity contribution >= 4 is 0 Å². The van der Waals surface area contributed by atoms with E-state index in [1.165, 1.54) is 0 Å². The van der Waals surface area contributed by atoms with Gasteiger partial charge in [0.15, 0.2) is 6.29 Å². The maximum atomic E-state index is 9.36. The SMILES string of the molecule is C=CCO[C@H]1O[C@H](CO)C=C[C@H]1O. The monoisotopic (exact) mass is 186 g/mol. The first-order valence-electron chi connectivity index (χ1n) is 4.13. The lowest BCUT2D eigenvalue weighted by atomic mass is 10.2. The van der Waals surface area contributed by atoms with E-state index in [9.17, 15) is 5.11 Å². The first kappa shape index (κ1) is 10.4. The molecule has 0 aliphatic carbocycles. The van der Waals surface area contributed by atoms with E-state index in [4.69, 9.17) is 14.6 Å². The second-order valence-corrected chi connectivity index (χ2v) is 2.72. The highest BCUT2D eigenvalue weighted by atomic mass is 16.7. The molecule has 3 atom stereocenters. The summed E-state index contributed by atoms with van der Waals surface area (Å²) in [5.41, 5.74) is 0. The van der Waals surface area contributed by atoms with Gasteiger partial charge in [0.1, 0.15) is 12.2 Å². The van der Waals surface area contributed by atoms with Crippen LogP contribution < -0.4 is 0 Å². The van der Waals surface area contributed by atoms with Crippen LogP contribution in [0.4, 0.5) is 0 Å². The molecule has 1 aliphatic rings. The Bertz CT molecular complexity index is 190. The van der Waals surface area contributed by atoms with Crippen LogP contribution >= 0.6 is 0 Å². The maximum Gasteiger partial charge on any atom is 0.188 e. The van der Waals surface area contributed by atoms with Crippen molar-refractivity contribution < 1.29 is 19.7 Å². The van der Waals surface area contributed by atoms with Gasteiger partial charge in [0.2, 0.25) is 0 Å². The molecule has 0 aromatic rings. The summed E-state index contributed by atoms with van der Waals surface area (Å²) in [6.07, 6.45) is 2.86. The molecule has 0 fully saturated rings. The molecule has 0 spiro atoms. The van der Waals surface area contributed by atoms with E-state index in [1.54, 1.807) is 18.2 Å². The fourth-order valence-electron chi connectivity index (χ4n) is 1.03. The second-order valence-electron chi connectivity index (χ2n) is 2.72. The smallest absolute Gasteiger partial charge is 0.188 e. The Morgan fingerprint density at radius 1 is 1.54 bits per heavy atom. The molecule has 13 heavy (non-hydrogen) atoms. The van der Waals surface area contributed by atoms with Crippen LogP contribution in [0.2, 0.25) is 0 Å². The molecule has 74 valence electrons. The lowest BCUT2D eigenvalue weighted by molar-refractivity contribution is -0.203. The minimum absolute atomic E-state index is 0.114. The van der Waals surface area contributed by atoms with Crippen LogP contribution in [0, 0.1) is 0 Å². The molecule has 1 aliphatic heterocycles. The highest BCUT2D eigenvalue weighted by Gasteiger charge is 2.25. The van der Waals surface area contributed by atoms with Gasteiger partial charge in [-0.3, -0.25) is 0 Å². The van der Waals surface area contributed by atoms with E-state index in [0.29, 0.717) is 6.61 Å². The lowest BCUT2D eigenvalue weighted by Gasteiger charge is -2.28. The van der Waals surface area contributed by atoms with Gasteiger partial charge in [-0.05, 0) is 0 Å². The van der Waals surface area contributed by atoms with Crippen molar-refractivity contribution in [2.75, 3.05) is 13.2 Å². The topological polar surface area (TPSA) is 58.9 Å². The zero-order valence-corrected chi connectivity index (χ0v) is 7.30. The summed E-state index contributed by atoms with van der Waals surface area (Å²) in [5, 5.41) is 18.1. The fraction of sp³-hybridized carbons (Fsp3) is 0.556. The third-order valence-corrected chi connectivity index (χ3v) is 1.67. The van der Waals surface area contributed by atoms with E-state index in [0.717, 1.165) is 0 Å². The molecule has 4 nitrogen and oxygen atoms in total. The van der Waals surface area contributed by atoms with Crippen molar-refractivity contribution in [3.63, 3.8) is 0 Å². The second kappa shape index (κ2) is 5.14. The molecule has 0 radical (unpaired) electrons. The van der Waals surface area contributed by atoms with E-state index in [-0.39, 0.29) is 6.61 Å². The molecule has 4 heteroatoms. The van der Waals surface area contributed by atoms with Crippen molar-refractivity contribution in [3.8, 4) is 0 Å². The number of aliphatic hydroxyl groups excluding tert-OH is 2. The third-order valence-electron chi connectivity index (χ3n) is 1.67. The Morgan fingerprint density at radius 2 is 2.31 bits per heavy atom. The van der Waals surface area contributed by atoms with E-state index in [2.05, 4.69) is 6.58 Å². The number of aliphatic hydroxyl groups is 2. The minimum Gasteiger partial charge on any atom is -0.393 e. The zero-order chi connectivity index (χ0) is 9.68. The van der Waals surface area contributed by atoms with E-state index < -0.39 is 18.5 Å². The van der Waals surface area contributed by atoms with Gasteiger partial charge in [-0.2, -0.15) is 0 Å². The first-order valence-corrected chi connectivity index (χ1v) is 4.13. The molecular formula is C9H14O4. The fourth-order valence-corrected chi connectivity index (χ4v) is 1.03. The average molecular weight is 186 g/mol. The molecule has 1 heterocycles. The minimum atomic E-state index is -0.775. The van der Waals surface area contributed by atoms with Crippen molar-refractivity contribution in [1.82, 2.24) is 0 Å². The highest BCUT2D eigenvalue weighted by molar-refractivity contribution is 5.00. The standard InChI is InChI=1S/C9H14O4/c1-2-5-12-9-8(11)4-3-7(6-10)13-9/h2-4,7-11H,1,5-6H2/t7-,8+,9-/m0/s1. The van der Waals surface area contributed by atoms with Gasteiger partial charge in [-0.1, -0.05) is 18.2 Å². The van der Waals surface area contributed by atoms with Gasteiger partial charge >= 0.3 is 0 Å². The quantitative estimate of drug-likeness (QED) is 0.598. The largest absolute Gasteiger partial charge is 0.393 e. The van der Waals surface area contributed by atoms with Crippen molar-refractivity contribution in [3.05, 3.63) is 24.8 Å². The van der Waals surface area contributed by atoms with Crippen LogP contribution in [0.5, 0.6) is 0 Å². The van der Waals surface area contributed by atoms with E-state index >= 15 is 0 Å². The Hall–Kier alpha value is -0.680. The number of hydrogen-bond donors (Lipinski definition) is 2. The Kier molecular flexibility index (Phi) is 4.11. The van der Waals surface area contributed by atoms with Crippen LogP contribution in [0.25, 0.3) is 0 Å².